The first kappa shape index (κ1) is 17.7. The molecule has 10 heteroatoms. The number of carbonyl (C=O) groups is 3. The number of nitrogens with one attached hydrogen (secondary N) is 1. The van der Waals surface area contributed by atoms with Gasteiger partial charge in [-0.1, -0.05) is 12.1 Å². The number of fused-ring (bicyclic) bond motifs is 1. The van der Waals surface area contributed by atoms with Crippen LogP contribution >= 0.6 is 11.8 Å². The molecule has 2 aliphatic heterocycles. The van der Waals surface area contributed by atoms with E-state index in [1.807, 2.05) is 6.92 Å². The summed E-state index contributed by atoms with van der Waals surface area (Å²) in [7, 11) is 0. The van der Waals surface area contributed by atoms with Crippen LogP contribution in [0.2, 0.25) is 0 Å². The van der Waals surface area contributed by atoms with Crippen LogP contribution in [0.1, 0.15) is 45.3 Å². The Morgan fingerprint density at radius 1 is 1.48 bits per heavy atom. The number of hydrogen-bond donors (Lipinski definition) is 2. The summed E-state index contributed by atoms with van der Waals surface area (Å²) in [6.45, 7) is 7.07. The van der Waals surface area contributed by atoms with Gasteiger partial charge in [-0.25, -0.2) is 4.79 Å². The normalized spacial score (nSPS) is 28.2. The second-order valence-corrected chi connectivity index (χ2v) is 8.48. The van der Waals surface area contributed by atoms with E-state index in [-0.39, 0.29) is 17.2 Å². The molecule has 1 aromatic heterocycles. The SMILES string of the molecule is CCc1noc(C(C)C(=O)N[C@@H]2C(=O)N3[C@@H]2SC(C)(C)[C@@H]3C(=O)O)n1. The summed E-state index contributed by atoms with van der Waals surface area (Å²) in [5.41, 5.74) is 0. The summed E-state index contributed by atoms with van der Waals surface area (Å²) in [5, 5.41) is 15.5. The van der Waals surface area contributed by atoms with E-state index in [2.05, 4.69) is 15.5 Å². The Balaban J connectivity index is 1.69. The quantitative estimate of drug-likeness (QED) is 0.714. The molecule has 3 rings (SSSR count). The first-order valence-corrected chi connectivity index (χ1v) is 8.91. The Morgan fingerprint density at radius 2 is 2.16 bits per heavy atom. The predicted octanol–water partition coefficient (Wildman–Crippen LogP) is 0.367. The lowest BCUT2D eigenvalue weighted by Gasteiger charge is -2.43. The van der Waals surface area contributed by atoms with Crippen molar-refractivity contribution in [1.82, 2.24) is 20.4 Å². The topological polar surface area (TPSA) is 126 Å². The Bertz CT molecular complexity index is 733. The number of thioether (sulfide) groups is 1. The minimum atomic E-state index is -1.04. The van der Waals surface area contributed by atoms with Gasteiger partial charge >= 0.3 is 5.97 Å². The molecular formula is C15H20N4O5S. The average Bonchev–Trinajstić information content (AvgIpc) is 3.12. The van der Waals surface area contributed by atoms with Crippen molar-refractivity contribution >= 4 is 29.5 Å². The molecule has 9 nitrogen and oxygen atoms in total. The van der Waals surface area contributed by atoms with Gasteiger partial charge in [-0.05, 0) is 20.8 Å². The fourth-order valence-corrected chi connectivity index (χ4v) is 4.75. The number of hydrogen-bond acceptors (Lipinski definition) is 7. The minimum Gasteiger partial charge on any atom is -0.480 e. The molecule has 1 unspecified atom stereocenters. The lowest BCUT2D eigenvalue weighted by molar-refractivity contribution is -0.161. The molecule has 0 saturated carbocycles. The first-order valence-electron chi connectivity index (χ1n) is 8.03. The van der Waals surface area contributed by atoms with E-state index in [4.69, 9.17) is 4.52 Å². The Morgan fingerprint density at radius 3 is 2.72 bits per heavy atom. The monoisotopic (exact) mass is 368 g/mol. The summed E-state index contributed by atoms with van der Waals surface area (Å²) in [5.74, 6) is -1.80. The zero-order valence-electron chi connectivity index (χ0n) is 14.3. The van der Waals surface area contributed by atoms with Gasteiger partial charge in [0.1, 0.15) is 23.4 Å². The highest BCUT2D eigenvalue weighted by atomic mass is 32.2. The van der Waals surface area contributed by atoms with Gasteiger partial charge in [0.25, 0.3) is 0 Å². The van der Waals surface area contributed by atoms with E-state index < -0.39 is 34.6 Å². The van der Waals surface area contributed by atoms with Gasteiger partial charge in [-0.3, -0.25) is 9.59 Å². The second kappa shape index (κ2) is 6.01. The number of amides is 2. The summed E-state index contributed by atoms with van der Waals surface area (Å²) in [6.07, 6.45) is 0.596. The van der Waals surface area contributed by atoms with Crippen LogP contribution in [0.3, 0.4) is 0 Å². The molecule has 2 saturated heterocycles. The van der Waals surface area contributed by atoms with E-state index in [1.165, 1.54) is 16.7 Å². The minimum absolute atomic E-state index is 0.195. The molecule has 136 valence electrons. The molecule has 4 atom stereocenters. The number of carboxylic acids is 1. The maximum atomic E-state index is 12.4. The Labute approximate surface area is 148 Å². The number of aliphatic carboxylic acids is 1. The third-order valence-electron chi connectivity index (χ3n) is 4.54. The number of aryl methyl sites for hydroxylation is 1. The van der Waals surface area contributed by atoms with Crippen molar-refractivity contribution in [3.05, 3.63) is 11.7 Å². The molecule has 3 heterocycles. The van der Waals surface area contributed by atoms with Gasteiger partial charge in [0.05, 0.1) is 0 Å². The number of rotatable bonds is 5. The summed E-state index contributed by atoms with van der Waals surface area (Å²) in [4.78, 5) is 41.7. The van der Waals surface area contributed by atoms with Crippen molar-refractivity contribution < 1.29 is 24.0 Å². The van der Waals surface area contributed by atoms with E-state index >= 15 is 0 Å². The van der Waals surface area contributed by atoms with Gasteiger partial charge in [0.15, 0.2) is 5.82 Å². The van der Waals surface area contributed by atoms with Gasteiger partial charge in [0, 0.05) is 11.2 Å². The average molecular weight is 368 g/mol. The first-order chi connectivity index (χ1) is 11.7. The van der Waals surface area contributed by atoms with E-state index in [0.29, 0.717) is 12.2 Å². The zero-order chi connectivity index (χ0) is 18.5. The number of nitrogens with zero attached hydrogens (tertiary/aromatic N) is 3. The molecule has 2 fully saturated rings. The van der Waals surface area contributed by atoms with Crippen LogP contribution in [0.15, 0.2) is 4.52 Å². The molecular weight excluding hydrogens is 348 g/mol. The van der Waals surface area contributed by atoms with Crippen molar-refractivity contribution in [2.24, 2.45) is 0 Å². The summed E-state index contributed by atoms with van der Waals surface area (Å²) in [6, 6.07) is -1.64. The molecule has 0 aliphatic carbocycles. The largest absolute Gasteiger partial charge is 0.480 e. The van der Waals surface area contributed by atoms with Gasteiger partial charge in [-0.15, -0.1) is 11.8 Å². The molecule has 2 aliphatic rings. The highest BCUT2D eigenvalue weighted by Gasteiger charge is 2.64. The van der Waals surface area contributed by atoms with Crippen LogP contribution in [0.25, 0.3) is 0 Å². The highest BCUT2D eigenvalue weighted by molar-refractivity contribution is 8.01. The number of aromatic nitrogens is 2. The lowest BCUT2D eigenvalue weighted by atomic mass is 9.95. The third kappa shape index (κ3) is 2.78. The van der Waals surface area contributed by atoms with Crippen LogP contribution in [0.5, 0.6) is 0 Å². The highest BCUT2D eigenvalue weighted by Crippen LogP contribution is 2.50. The number of carbonyl (C=O) groups excluding carboxylic acids is 2. The molecule has 0 spiro atoms. The molecule has 0 aromatic carbocycles. The smallest absolute Gasteiger partial charge is 0.327 e. The zero-order valence-corrected chi connectivity index (χ0v) is 15.2. The van der Waals surface area contributed by atoms with Crippen LogP contribution in [0, 0.1) is 0 Å². The Hall–Kier alpha value is -2.10. The molecule has 1 aromatic rings. The fraction of sp³-hybridized carbons (Fsp3) is 0.667. The van der Waals surface area contributed by atoms with Crippen molar-refractivity contribution in [1.29, 1.82) is 0 Å². The summed E-state index contributed by atoms with van der Waals surface area (Å²) < 4.78 is 4.44. The van der Waals surface area contributed by atoms with Crippen molar-refractivity contribution in [2.45, 2.75) is 62.2 Å². The second-order valence-electron chi connectivity index (χ2n) is 6.71. The molecule has 25 heavy (non-hydrogen) atoms. The van der Waals surface area contributed by atoms with E-state index in [0.717, 1.165) is 0 Å². The third-order valence-corrected chi connectivity index (χ3v) is 6.11. The fourth-order valence-electron chi connectivity index (χ4n) is 3.12. The van der Waals surface area contributed by atoms with Gasteiger partial charge in [-0.2, -0.15) is 4.98 Å². The molecule has 2 amide bonds. The predicted molar refractivity (Wildman–Crippen MR) is 87.7 cm³/mol. The summed E-state index contributed by atoms with van der Waals surface area (Å²) >= 11 is 1.38. The van der Waals surface area contributed by atoms with Crippen LogP contribution in [-0.4, -0.2) is 60.1 Å². The van der Waals surface area contributed by atoms with Crippen LogP contribution in [0.4, 0.5) is 0 Å². The lowest BCUT2D eigenvalue weighted by Crippen LogP contribution is -2.70. The standard InChI is InChI=1S/C15H20N4O5S/c1-5-7-16-11(24-18-7)6(2)10(20)17-8-12(21)19-9(14(22)23)15(3,4)25-13(8)19/h6,8-9,13H,5H2,1-4H3,(H,17,20)(H,22,23)/t6?,8-,9+,13-/m1/s1. The van der Waals surface area contributed by atoms with E-state index in [9.17, 15) is 19.5 Å². The maximum Gasteiger partial charge on any atom is 0.327 e. The van der Waals surface area contributed by atoms with Crippen LogP contribution < -0.4 is 5.32 Å². The van der Waals surface area contributed by atoms with Crippen molar-refractivity contribution in [2.75, 3.05) is 0 Å². The van der Waals surface area contributed by atoms with Gasteiger partial charge < -0.3 is 19.8 Å². The van der Waals surface area contributed by atoms with Gasteiger partial charge in [0.2, 0.25) is 17.7 Å². The molecule has 2 N–H and O–H groups in total. The maximum absolute atomic E-state index is 12.4. The van der Waals surface area contributed by atoms with E-state index in [1.54, 1.807) is 20.8 Å². The van der Waals surface area contributed by atoms with Crippen LogP contribution in [-0.2, 0) is 20.8 Å². The number of carboxylic acid groups (broad SMARTS) is 1. The number of β-lactam (4-membered cyclic amide) rings is 1. The Kier molecular flexibility index (Phi) is 4.26. The van der Waals surface area contributed by atoms with Crippen molar-refractivity contribution in [3.63, 3.8) is 0 Å². The van der Waals surface area contributed by atoms with Crippen molar-refractivity contribution in [3.8, 4) is 0 Å². The molecule has 0 radical (unpaired) electrons. The molecule has 0 bridgehead atoms.